The number of piperazine rings is 1. The molecule has 112 valence electrons. The first-order valence-corrected chi connectivity index (χ1v) is 7.36. The molecule has 4 heteroatoms. The van der Waals surface area contributed by atoms with Gasteiger partial charge in [0.2, 0.25) is 0 Å². The number of rotatable bonds is 3. The van der Waals surface area contributed by atoms with Crippen LogP contribution in [0.3, 0.4) is 0 Å². The zero-order chi connectivity index (χ0) is 14.9. The molecule has 0 saturated carbocycles. The van der Waals surface area contributed by atoms with E-state index in [0.29, 0.717) is 6.04 Å². The molecule has 0 bridgehead atoms. The van der Waals surface area contributed by atoms with Crippen molar-refractivity contribution < 1.29 is 4.39 Å². The third kappa shape index (κ3) is 2.96. The van der Waals surface area contributed by atoms with Crippen molar-refractivity contribution in [2.24, 2.45) is 0 Å². The third-order valence-corrected chi connectivity index (χ3v) is 4.51. The monoisotopic (exact) mass is 279 g/mol. The van der Waals surface area contributed by atoms with E-state index in [0.717, 1.165) is 30.8 Å². The second-order valence-electron chi connectivity index (χ2n) is 5.95. The summed E-state index contributed by atoms with van der Waals surface area (Å²) in [6.07, 6.45) is 0. The lowest BCUT2D eigenvalue weighted by atomic mass is 10.0. The maximum Gasteiger partial charge on any atom is 0.126 e. The number of hydrogen-bond acceptors (Lipinski definition) is 3. The average molecular weight is 279 g/mol. The Kier molecular flexibility index (Phi) is 4.66. The van der Waals surface area contributed by atoms with Crippen molar-refractivity contribution in [3.8, 4) is 0 Å². The summed E-state index contributed by atoms with van der Waals surface area (Å²) in [5.41, 5.74) is 2.94. The molecule has 0 aliphatic carbocycles. The van der Waals surface area contributed by atoms with Gasteiger partial charge in [0.25, 0.3) is 0 Å². The van der Waals surface area contributed by atoms with Gasteiger partial charge in [-0.3, -0.25) is 0 Å². The molecule has 20 heavy (non-hydrogen) atoms. The molecule has 1 aromatic rings. The lowest BCUT2D eigenvalue weighted by Gasteiger charge is -2.40. The third-order valence-electron chi connectivity index (χ3n) is 4.51. The SMILES string of the molecule is CNC(C)c1cc(F)c(C)cc1N1CCN(C)C(C)C1. The van der Waals surface area contributed by atoms with Gasteiger partial charge in [-0.1, -0.05) is 0 Å². The second kappa shape index (κ2) is 6.10. The number of benzene rings is 1. The Morgan fingerprint density at radius 2 is 2.05 bits per heavy atom. The zero-order valence-electron chi connectivity index (χ0n) is 13.2. The second-order valence-corrected chi connectivity index (χ2v) is 5.95. The number of halogens is 1. The Morgan fingerprint density at radius 1 is 1.35 bits per heavy atom. The van der Waals surface area contributed by atoms with Crippen molar-refractivity contribution in [1.29, 1.82) is 0 Å². The van der Waals surface area contributed by atoms with Crippen LogP contribution in [-0.4, -0.2) is 44.7 Å². The fraction of sp³-hybridized carbons (Fsp3) is 0.625. The summed E-state index contributed by atoms with van der Waals surface area (Å²) in [5.74, 6) is -0.118. The minimum atomic E-state index is -0.118. The average Bonchev–Trinajstić information content (AvgIpc) is 2.43. The number of aryl methyl sites for hydroxylation is 1. The van der Waals surface area contributed by atoms with E-state index in [4.69, 9.17) is 0 Å². The first-order valence-electron chi connectivity index (χ1n) is 7.36. The van der Waals surface area contributed by atoms with Crippen LogP contribution >= 0.6 is 0 Å². The van der Waals surface area contributed by atoms with Crippen LogP contribution in [0.4, 0.5) is 10.1 Å². The fourth-order valence-electron chi connectivity index (χ4n) is 2.73. The molecule has 1 N–H and O–H groups in total. The Bertz CT molecular complexity index is 475. The molecule has 1 aromatic carbocycles. The van der Waals surface area contributed by atoms with E-state index in [-0.39, 0.29) is 11.9 Å². The largest absolute Gasteiger partial charge is 0.368 e. The van der Waals surface area contributed by atoms with Gasteiger partial charge in [-0.05, 0) is 58.1 Å². The van der Waals surface area contributed by atoms with Gasteiger partial charge in [0.15, 0.2) is 0 Å². The lowest BCUT2D eigenvalue weighted by Crippen LogP contribution is -2.50. The van der Waals surface area contributed by atoms with Crippen LogP contribution in [0.15, 0.2) is 12.1 Å². The number of nitrogens with zero attached hydrogens (tertiary/aromatic N) is 2. The van der Waals surface area contributed by atoms with E-state index in [1.165, 1.54) is 5.69 Å². The standard InChI is InChI=1S/C16H26FN3/c1-11-8-16(14(9-15(11)17)13(3)18-4)20-7-6-19(5)12(2)10-20/h8-9,12-13,18H,6-7,10H2,1-5H3. The fourth-order valence-corrected chi connectivity index (χ4v) is 2.73. The Morgan fingerprint density at radius 3 is 2.65 bits per heavy atom. The van der Waals surface area contributed by atoms with Crippen LogP contribution in [0.2, 0.25) is 0 Å². The van der Waals surface area contributed by atoms with E-state index in [1.807, 2.05) is 20.0 Å². The molecule has 0 aromatic heterocycles. The Balaban J connectivity index is 2.37. The number of likely N-dealkylation sites (N-methyl/N-ethyl adjacent to an activating group) is 1. The molecule has 1 heterocycles. The van der Waals surface area contributed by atoms with Gasteiger partial charge in [-0.25, -0.2) is 4.39 Å². The van der Waals surface area contributed by atoms with E-state index in [2.05, 4.69) is 36.0 Å². The normalized spacial score (nSPS) is 22.1. The van der Waals surface area contributed by atoms with Gasteiger partial charge in [0.1, 0.15) is 5.82 Å². The zero-order valence-corrected chi connectivity index (χ0v) is 13.2. The molecule has 0 amide bonds. The van der Waals surface area contributed by atoms with Crippen LogP contribution in [0.5, 0.6) is 0 Å². The van der Waals surface area contributed by atoms with Gasteiger partial charge >= 0.3 is 0 Å². The summed E-state index contributed by atoms with van der Waals surface area (Å²) in [7, 11) is 4.08. The van der Waals surface area contributed by atoms with Crippen LogP contribution in [0.1, 0.15) is 31.0 Å². The van der Waals surface area contributed by atoms with Crippen molar-refractivity contribution in [3.05, 3.63) is 29.1 Å². The summed E-state index contributed by atoms with van der Waals surface area (Å²) < 4.78 is 13.9. The van der Waals surface area contributed by atoms with E-state index in [1.54, 1.807) is 6.07 Å². The Labute approximate surface area is 121 Å². The molecule has 0 spiro atoms. The highest BCUT2D eigenvalue weighted by atomic mass is 19.1. The van der Waals surface area contributed by atoms with Crippen molar-refractivity contribution in [2.45, 2.75) is 32.9 Å². The minimum absolute atomic E-state index is 0.118. The molecule has 1 aliphatic rings. The predicted octanol–water partition coefficient (Wildman–Crippen LogP) is 2.55. The maximum absolute atomic E-state index is 13.9. The lowest BCUT2D eigenvalue weighted by molar-refractivity contribution is 0.234. The highest BCUT2D eigenvalue weighted by Crippen LogP contribution is 2.30. The molecule has 3 nitrogen and oxygen atoms in total. The Hall–Kier alpha value is -1.13. The summed E-state index contributed by atoms with van der Waals surface area (Å²) in [6, 6.07) is 4.35. The van der Waals surface area contributed by atoms with Crippen LogP contribution in [0.25, 0.3) is 0 Å². The molecule has 1 aliphatic heterocycles. The summed E-state index contributed by atoms with van der Waals surface area (Å²) in [5, 5.41) is 3.22. The first-order chi connectivity index (χ1) is 9.43. The van der Waals surface area contributed by atoms with Gasteiger partial charge in [-0.15, -0.1) is 0 Å². The van der Waals surface area contributed by atoms with Crippen molar-refractivity contribution in [1.82, 2.24) is 10.2 Å². The molecular formula is C16H26FN3. The predicted molar refractivity (Wildman–Crippen MR) is 82.9 cm³/mol. The quantitative estimate of drug-likeness (QED) is 0.917. The molecular weight excluding hydrogens is 253 g/mol. The summed E-state index contributed by atoms with van der Waals surface area (Å²) in [4.78, 5) is 4.76. The van der Waals surface area contributed by atoms with Gasteiger partial charge in [0, 0.05) is 37.4 Å². The van der Waals surface area contributed by atoms with E-state index < -0.39 is 0 Å². The maximum atomic E-state index is 13.9. The van der Waals surface area contributed by atoms with Crippen LogP contribution in [0, 0.1) is 12.7 Å². The van der Waals surface area contributed by atoms with E-state index in [9.17, 15) is 4.39 Å². The van der Waals surface area contributed by atoms with Crippen LogP contribution in [-0.2, 0) is 0 Å². The number of anilines is 1. The topological polar surface area (TPSA) is 18.5 Å². The minimum Gasteiger partial charge on any atom is -0.368 e. The smallest absolute Gasteiger partial charge is 0.126 e. The van der Waals surface area contributed by atoms with Crippen molar-refractivity contribution in [2.75, 3.05) is 38.6 Å². The molecule has 1 fully saturated rings. The van der Waals surface area contributed by atoms with E-state index >= 15 is 0 Å². The van der Waals surface area contributed by atoms with Crippen molar-refractivity contribution >= 4 is 5.69 Å². The molecule has 2 rings (SSSR count). The number of hydrogen-bond donors (Lipinski definition) is 1. The highest BCUT2D eigenvalue weighted by molar-refractivity contribution is 5.57. The first kappa shape index (κ1) is 15.3. The molecule has 2 unspecified atom stereocenters. The van der Waals surface area contributed by atoms with Crippen LogP contribution < -0.4 is 10.2 Å². The molecule has 0 radical (unpaired) electrons. The van der Waals surface area contributed by atoms with Gasteiger partial charge in [0.05, 0.1) is 0 Å². The summed E-state index contributed by atoms with van der Waals surface area (Å²) in [6.45, 7) is 9.19. The van der Waals surface area contributed by atoms with Crippen molar-refractivity contribution in [3.63, 3.8) is 0 Å². The summed E-state index contributed by atoms with van der Waals surface area (Å²) >= 11 is 0. The number of nitrogens with one attached hydrogen (secondary N) is 1. The molecule has 2 atom stereocenters. The molecule has 1 saturated heterocycles. The van der Waals surface area contributed by atoms with Gasteiger partial charge < -0.3 is 15.1 Å². The van der Waals surface area contributed by atoms with Gasteiger partial charge in [-0.2, -0.15) is 0 Å². The highest BCUT2D eigenvalue weighted by Gasteiger charge is 2.24.